The van der Waals surface area contributed by atoms with Gasteiger partial charge in [0.25, 0.3) is 0 Å². The lowest BCUT2D eigenvalue weighted by molar-refractivity contribution is 0.0149. The van der Waals surface area contributed by atoms with Crippen LogP contribution in [-0.2, 0) is 4.74 Å². The third kappa shape index (κ3) is 4.67. The Hall–Kier alpha value is -0.120. The summed E-state index contributed by atoms with van der Waals surface area (Å²) in [4.78, 5) is 2.72. The summed E-state index contributed by atoms with van der Waals surface area (Å²) in [5.41, 5.74) is 0. The first-order chi connectivity index (χ1) is 10.2. The fraction of sp³-hybridized carbons (Fsp3) is 1.00. The summed E-state index contributed by atoms with van der Waals surface area (Å²) in [6, 6.07) is 1.38. The van der Waals surface area contributed by atoms with Crippen molar-refractivity contribution in [3.05, 3.63) is 0 Å². The van der Waals surface area contributed by atoms with Gasteiger partial charge in [-0.2, -0.15) is 0 Å². The summed E-state index contributed by atoms with van der Waals surface area (Å²) < 4.78 is 5.53. The highest BCUT2D eigenvalue weighted by Gasteiger charge is 2.35. The zero-order valence-corrected chi connectivity index (χ0v) is 14.6. The average Bonchev–Trinajstić information content (AvgIpc) is 2.54. The van der Waals surface area contributed by atoms with E-state index in [1.807, 2.05) is 7.11 Å². The summed E-state index contributed by atoms with van der Waals surface area (Å²) in [6.07, 6.45) is 8.78. The first-order valence-electron chi connectivity index (χ1n) is 9.15. The summed E-state index contributed by atoms with van der Waals surface area (Å²) in [5, 5.41) is 3.89. The standard InChI is InChI=1S/C18H36N2O/c1-5-14(2)18-11-19-17(16-9-7-6-8-10-16)13-20(18)12-15(3)21-4/h14-19H,5-13H2,1-4H3. The van der Waals surface area contributed by atoms with E-state index in [2.05, 4.69) is 31.0 Å². The van der Waals surface area contributed by atoms with Gasteiger partial charge in [-0.3, -0.25) is 4.90 Å². The van der Waals surface area contributed by atoms with Gasteiger partial charge in [-0.05, 0) is 31.6 Å². The largest absolute Gasteiger partial charge is 0.380 e. The van der Waals surface area contributed by atoms with Crippen LogP contribution in [0, 0.1) is 11.8 Å². The number of methoxy groups -OCH3 is 1. The molecule has 4 unspecified atom stereocenters. The Morgan fingerprint density at radius 3 is 2.52 bits per heavy atom. The molecule has 3 heteroatoms. The van der Waals surface area contributed by atoms with E-state index in [1.165, 1.54) is 45.1 Å². The van der Waals surface area contributed by atoms with Gasteiger partial charge in [0.05, 0.1) is 6.10 Å². The van der Waals surface area contributed by atoms with E-state index in [9.17, 15) is 0 Å². The Morgan fingerprint density at radius 2 is 1.90 bits per heavy atom. The first-order valence-corrected chi connectivity index (χ1v) is 9.15. The number of nitrogens with zero attached hydrogens (tertiary/aromatic N) is 1. The fourth-order valence-corrected chi connectivity index (χ4v) is 4.15. The Bertz CT molecular complexity index is 291. The van der Waals surface area contributed by atoms with Crippen molar-refractivity contribution in [3.63, 3.8) is 0 Å². The van der Waals surface area contributed by atoms with Gasteiger partial charge < -0.3 is 10.1 Å². The molecule has 2 rings (SSSR count). The predicted molar refractivity (Wildman–Crippen MR) is 89.7 cm³/mol. The summed E-state index contributed by atoms with van der Waals surface area (Å²) in [5.74, 6) is 1.66. The molecule has 2 aliphatic rings. The molecule has 0 aromatic rings. The van der Waals surface area contributed by atoms with Crippen molar-refractivity contribution in [2.45, 2.75) is 77.5 Å². The lowest BCUT2D eigenvalue weighted by atomic mass is 9.81. The minimum atomic E-state index is 0.335. The van der Waals surface area contributed by atoms with Crippen molar-refractivity contribution in [1.29, 1.82) is 0 Å². The molecule has 3 nitrogen and oxygen atoms in total. The van der Waals surface area contributed by atoms with Gasteiger partial charge in [0.15, 0.2) is 0 Å². The minimum absolute atomic E-state index is 0.335. The predicted octanol–water partition coefficient (Wildman–Crippen LogP) is 3.29. The van der Waals surface area contributed by atoms with Crippen LogP contribution >= 0.6 is 0 Å². The monoisotopic (exact) mass is 296 g/mol. The molecular formula is C18H36N2O. The molecule has 4 atom stereocenters. The Balaban J connectivity index is 1.97. The van der Waals surface area contributed by atoms with E-state index in [0.717, 1.165) is 24.9 Å². The number of rotatable bonds is 6. The lowest BCUT2D eigenvalue weighted by Crippen LogP contribution is -2.61. The lowest BCUT2D eigenvalue weighted by Gasteiger charge is -2.46. The number of hydrogen-bond donors (Lipinski definition) is 1. The van der Waals surface area contributed by atoms with Crippen LogP contribution in [0.1, 0.15) is 59.3 Å². The van der Waals surface area contributed by atoms with E-state index >= 15 is 0 Å². The maximum absolute atomic E-state index is 5.53. The molecule has 0 aromatic carbocycles. The Labute approximate surface area is 131 Å². The zero-order valence-electron chi connectivity index (χ0n) is 14.6. The Kier molecular flexibility index (Phi) is 6.97. The van der Waals surface area contributed by atoms with Gasteiger partial charge >= 0.3 is 0 Å². The molecule has 0 amide bonds. The molecule has 0 bridgehead atoms. The van der Waals surface area contributed by atoms with Crippen LogP contribution in [0.4, 0.5) is 0 Å². The van der Waals surface area contributed by atoms with Crippen LogP contribution in [0.2, 0.25) is 0 Å². The van der Waals surface area contributed by atoms with Crippen LogP contribution in [0.3, 0.4) is 0 Å². The molecule has 0 radical (unpaired) electrons. The zero-order chi connectivity index (χ0) is 15.2. The number of hydrogen-bond acceptors (Lipinski definition) is 3. The number of nitrogens with one attached hydrogen (secondary N) is 1. The molecule has 124 valence electrons. The number of ether oxygens (including phenoxy) is 1. The highest BCUT2D eigenvalue weighted by Crippen LogP contribution is 2.29. The van der Waals surface area contributed by atoms with Crippen molar-refractivity contribution in [2.24, 2.45) is 11.8 Å². The van der Waals surface area contributed by atoms with Gasteiger partial charge in [0.2, 0.25) is 0 Å². The third-order valence-electron chi connectivity index (χ3n) is 5.90. The van der Waals surface area contributed by atoms with Gasteiger partial charge in [-0.25, -0.2) is 0 Å². The van der Waals surface area contributed by atoms with Gasteiger partial charge in [0.1, 0.15) is 0 Å². The van der Waals surface area contributed by atoms with Crippen molar-refractivity contribution < 1.29 is 4.74 Å². The molecule has 1 heterocycles. The van der Waals surface area contributed by atoms with E-state index in [1.54, 1.807) is 0 Å². The van der Waals surface area contributed by atoms with Crippen LogP contribution in [0.15, 0.2) is 0 Å². The van der Waals surface area contributed by atoms with Crippen LogP contribution in [0.5, 0.6) is 0 Å². The van der Waals surface area contributed by atoms with Gasteiger partial charge in [-0.1, -0.05) is 39.5 Å². The average molecular weight is 296 g/mol. The third-order valence-corrected chi connectivity index (χ3v) is 5.90. The second kappa shape index (κ2) is 8.50. The highest BCUT2D eigenvalue weighted by atomic mass is 16.5. The number of piperazine rings is 1. The second-order valence-electron chi connectivity index (χ2n) is 7.37. The summed E-state index contributed by atoms with van der Waals surface area (Å²) in [6.45, 7) is 10.4. The van der Waals surface area contributed by atoms with E-state index in [4.69, 9.17) is 4.74 Å². The van der Waals surface area contributed by atoms with Gasteiger partial charge in [0, 0.05) is 38.8 Å². The molecule has 21 heavy (non-hydrogen) atoms. The molecule has 1 N–H and O–H groups in total. The van der Waals surface area contributed by atoms with Crippen molar-refractivity contribution in [2.75, 3.05) is 26.7 Å². The molecule has 1 saturated heterocycles. The Morgan fingerprint density at radius 1 is 1.19 bits per heavy atom. The van der Waals surface area contributed by atoms with Gasteiger partial charge in [-0.15, -0.1) is 0 Å². The topological polar surface area (TPSA) is 24.5 Å². The van der Waals surface area contributed by atoms with E-state index in [0.29, 0.717) is 18.2 Å². The maximum Gasteiger partial charge on any atom is 0.0670 e. The molecule has 0 aromatic heterocycles. The minimum Gasteiger partial charge on any atom is -0.380 e. The smallest absolute Gasteiger partial charge is 0.0670 e. The summed E-state index contributed by atoms with van der Waals surface area (Å²) >= 11 is 0. The van der Waals surface area contributed by atoms with Crippen LogP contribution in [0.25, 0.3) is 0 Å². The van der Waals surface area contributed by atoms with Crippen LogP contribution < -0.4 is 5.32 Å². The molecular weight excluding hydrogens is 260 g/mol. The molecule has 1 saturated carbocycles. The normalized spacial score (nSPS) is 32.0. The summed E-state index contributed by atoms with van der Waals surface area (Å²) in [7, 11) is 1.84. The van der Waals surface area contributed by atoms with Crippen molar-refractivity contribution >= 4 is 0 Å². The molecule has 1 aliphatic carbocycles. The first kappa shape index (κ1) is 17.2. The van der Waals surface area contributed by atoms with E-state index < -0.39 is 0 Å². The second-order valence-corrected chi connectivity index (χ2v) is 7.37. The SMILES string of the molecule is CCC(C)C1CNC(C2CCCCC2)CN1CC(C)OC. The molecule has 1 aliphatic heterocycles. The molecule has 2 fully saturated rings. The van der Waals surface area contributed by atoms with Crippen LogP contribution in [-0.4, -0.2) is 49.8 Å². The maximum atomic E-state index is 5.53. The quantitative estimate of drug-likeness (QED) is 0.814. The van der Waals surface area contributed by atoms with Crippen molar-refractivity contribution in [3.8, 4) is 0 Å². The van der Waals surface area contributed by atoms with E-state index in [-0.39, 0.29) is 0 Å². The molecule has 0 spiro atoms. The van der Waals surface area contributed by atoms with Crippen molar-refractivity contribution in [1.82, 2.24) is 10.2 Å². The highest BCUT2D eigenvalue weighted by molar-refractivity contribution is 4.92. The fourth-order valence-electron chi connectivity index (χ4n) is 4.15.